The number of hydrogen-bond donors (Lipinski definition) is 0. The number of aromatic nitrogens is 2. The highest BCUT2D eigenvalue weighted by atomic mass is 19.1. The van der Waals surface area contributed by atoms with Crippen molar-refractivity contribution in [1.82, 2.24) is 14.5 Å². The maximum Gasteiger partial charge on any atom is 0.168 e. The number of benzene rings is 2. The van der Waals surface area contributed by atoms with Crippen LogP contribution >= 0.6 is 0 Å². The van der Waals surface area contributed by atoms with Gasteiger partial charge in [-0.2, -0.15) is 0 Å². The van der Waals surface area contributed by atoms with E-state index >= 15 is 0 Å². The molecule has 0 aliphatic heterocycles. The third-order valence-electron chi connectivity index (χ3n) is 5.20. The number of methoxy groups -OCH3 is 1. The van der Waals surface area contributed by atoms with E-state index in [0.717, 1.165) is 28.3 Å². The summed E-state index contributed by atoms with van der Waals surface area (Å²) in [6.45, 7) is 6.33. The van der Waals surface area contributed by atoms with Crippen molar-refractivity contribution in [1.29, 1.82) is 0 Å². The predicted molar refractivity (Wildman–Crippen MR) is 126 cm³/mol. The van der Waals surface area contributed by atoms with Crippen LogP contribution in [0.15, 0.2) is 66.2 Å². The Morgan fingerprint density at radius 1 is 1.25 bits per heavy atom. The van der Waals surface area contributed by atoms with Crippen LogP contribution in [0.5, 0.6) is 5.75 Å². The van der Waals surface area contributed by atoms with Crippen molar-refractivity contribution in [2.45, 2.75) is 26.8 Å². The Bertz CT molecular complexity index is 1090. The molecule has 7 heteroatoms. The fourth-order valence-corrected chi connectivity index (χ4v) is 3.24. The van der Waals surface area contributed by atoms with Crippen molar-refractivity contribution < 1.29 is 14.0 Å². The molecule has 1 aromatic heterocycles. The molecule has 32 heavy (non-hydrogen) atoms. The zero-order valence-electron chi connectivity index (χ0n) is 19.1. The first-order chi connectivity index (χ1) is 15.4. The van der Waals surface area contributed by atoms with E-state index < -0.39 is 0 Å². The van der Waals surface area contributed by atoms with Gasteiger partial charge in [-0.15, -0.1) is 0 Å². The third-order valence-corrected chi connectivity index (χ3v) is 5.20. The van der Waals surface area contributed by atoms with E-state index in [2.05, 4.69) is 10.1 Å². The van der Waals surface area contributed by atoms with Crippen molar-refractivity contribution in [2.24, 2.45) is 5.16 Å². The van der Waals surface area contributed by atoms with Crippen LogP contribution < -0.4 is 4.74 Å². The molecule has 1 unspecified atom stereocenters. The Labute approximate surface area is 188 Å². The molecule has 0 aliphatic carbocycles. The predicted octanol–water partition coefficient (Wildman–Crippen LogP) is 5.38. The maximum atomic E-state index is 13.3. The van der Waals surface area contributed by atoms with E-state index in [1.807, 2.05) is 73.8 Å². The summed E-state index contributed by atoms with van der Waals surface area (Å²) >= 11 is 0. The van der Waals surface area contributed by atoms with Crippen molar-refractivity contribution in [3.8, 4) is 11.4 Å². The molecule has 0 fully saturated rings. The molecule has 3 aromatic rings. The van der Waals surface area contributed by atoms with E-state index in [1.165, 1.54) is 12.1 Å². The summed E-state index contributed by atoms with van der Waals surface area (Å²) in [7, 11) is 3.58. The number of hydrogen-bond acceptors (Lipinski definition) is 4. The van der Waals surface area contributed by atoms with E-state index in [1.54, 1.807) is 25.6 Å². The molecule has 1 atom stereocenters. The zero-order chi connectivity index (χ0) is 23.1. The van der Waals surface area contributed by atoms with Gasteiger partial charge in [-0.05, 0) is 62.2 Å². The Hall–Kier alpha value is -3.61. The highest BCUT2D eigenvalue weighted by Gasteiger charge is 2.15. The van der Waals surface area contributed by atoms with Gasteiger partial charge in [0.2, 0.25) is 0 Å². The van der Waals surface area contributed by atoms with Crippen LogP contribution in [0.4, 0.5) is 4.39 Å². The van der Waals surface area contributed by atoms with Gasteiger partial charge in [-0.1, -0.05) is 29.4 Å². The molecular formula is C25H29FN4O2. The number of rotatable bonds is 8. The van der Waals surface area contributed by atoms with Crippen molar-refractivity contribution in [3.05, 3.63) is 83.7 Å². The topological polar surface area (TPSA) is 51.9 Å². The van der Waals surface area contributed by atoms with Crippen molar-refractivity contribution in [3.63, 3.8) is 0 Å². The summed E-state index contributed by atoms with van der Waals surface area (Å²) in [5.41, 5.74) is 3.78. The van der Waals surface area contributed by atoms with Crippen LogP contribution in [0.25, 0.3) is 11.8 Å². The summed E-state index contributed by atoms with van der Waals surface area (Å²) in [5, 5.41) is 4.27. The molecule has 168 valence electrons. The van der Waals surface area contributed by atoms with Gasteiger partial charge in [-0.3, -0.25) is 0 Å². The Morgan fingerprint density at radius 3 is 2.62 bits per heavy atom. The minimum atomic E-state index is -0.255. The first-order valence-electron chi connectivity index (χ1n) is 10.5. The molecule has 0 saturated carbocycles. The molecule has 0 amide bonds. The number of aryl methyl sites for hydroxylation is 1. The number of oxime groups is 1. The third kappa shape index (κ3) is 5.55. The molecule has 1 heterocycles. The molecule has 0 saturated heterocycles. The highest BCUT2D eigenvalue weighted by Crippen LogP contribution is 2.26. The zero-order valence-corrected chi connectivity index (χ0v) is 19.1. The largest absolute Gasteiger partial charge is 0.495 e. The van der Waals surface area contributed by atoms with E-state index in [9.17, 15) is 4.39 Å². The SMILES string of the molecule is CCON=C(/C=C/c1ccc(-n2cnc(C)c2)c(OC)c1)N(C)C(C)c1ccc(F)cc1. The normalized spacial score (nSPS) is 12.8. The number of ether oxygens (including phenoxy) is 1. The quantitative estimate of drug-likeness (QED) is 0.270. The lowest BCUT2D eigenvalue weighted by atomic mass is 10.1. The average molecular weight is 437 g/mol. The summed E-state index contributed by atoms with van der Waals surface area (Å²) in [4.78, 5) is 11.6. The molecule has 0 bridgehead atoms. The summed E-state index contributed by atoms with van der Waals surface area (Å²) in [6.07, 6.45) is 7.57. The fraction of sp³-hybridized carbons (Fsp3) is 0.280. The second-order valence-electron chi connectivity index (χ2n) is 7.39. The molecule has 6 nitrogen and oxygen atoms in total. The molecule has 0 aliphatic rings. The number of amidine groups is 1. The molecular weight excluding hydrogens is 407 g/mol. The molecule has 0 radical (unpaired) electrons. The highest BCUT2D eigenvalue weighted by molar-refractivity contribution is 5.96. The minimum absolute atomic E-state index is 0.0270. The Balaban J connectivity index is 1.85. The first kappa shape index (κ1) is 23.1. The van der Waals surface area contributed by atoms with Gasteiger partial charge in [0.1, 0.15) is 18.2 Å². The molecule has 0 spiro atoms. The van der Waals surface area contributed by atoms with E-state index in [4.69, 9.17) is 9.57 Å². The van der Waals surface area contributed by atoms with Gasteiger partial charge < -0.3 is 19.0 Å². The second-order valence-corrected chi connectivity index (χ2v) is 7.39. The fourth-order valence-electron chi connectivity index (χ4n) is 3.24. The standard InChI is InChI=1S/C25H29FN4O2/c1-6-32-28-25(29(4)19(3)21-9-11-22(26)12-10-21)14-8-20-7-13-23(24(15-20)31-5)30-16-18(2)27-17-30/h7-17,19H,6H2,1-5H3/b14-8+,28-25?. The number of halogens is 1. The summed E-state index contributed by atoms with van der Waals surface area (Å²) in [5.74, 6) is 1.13. The monoisotopic (exact) mass is 436 g/mol. The first-order valence-corrected chi connectivity index (χ1v) is 10.5. The number of nitrogens with zero attached hydrogens (tertiary/aromatic N) is 4. The smallest absolute Gasteiger partial charge is 0.168 e. The number of imidazole rings is 1. The molecule has 3 rings (SSSR count). The second kappa shape index (κ2) is 10.6. The van der Waals surface area contributed by atoms with Gasteiger partial charge in [0.25, 0.3) is 0 Å². The van der Waals surface area contributed by atoms with Gasteiger partial charge >= 0.3 is 0 Å². The van der Waals surface area contributed by atoms with E-state index in [-0.39, 0.29) is 11.9 Å². The lowest BCUT2D eigenvalue weighted by Crippen LogP contribution is -2.28. The maximum absolute atomic E-state index is 13.3. The van der Waals surface area contributed by atoms with Crippen LogP contribution in [0.3, 0.4) is 0 Å². The molecule has 2 aromatic carbocycles. The van der Waals surface area contributed by atoms with Crippen LogP contribution in [-0.2, 0) is 4.84 Å². The lowest BCUT2D eigenvalue weighted by Gasteiger charge is -2.26. The Kier molecular flexibility index (Phi) is 7.65. The van der Waals surface area contributed by atoms with E-state index in [0.29, 0.717) is 12.4 Å². The average Bonchev–Trinajstić information content (AvgIpc) is 3.24. The van der Waals surface area contributed by atoms with Crippen LogP contribution in [0.2, 0.25) is 0 Å². The van der Waals surface area contributed by atoms with Crippen molar-refractivity contribution >= 4 is 11.9 Å². The minimum Gasteiger partial charge on any atom is -0.495 e. The number of likely N-dealkylation sites (N-methyl/N-ethyl adjacent to an activating group) is 1. The van der Waals surface area contributed by atoms with Crippen LogP contribution in [0.1, 0.15) is 36.7 Å². The van der Waals surface area contributed by atoms with Gasteiger partial charge in [0.05, 0.1) is 30.9 Å². The van der Waals surface area contributed by atoms with Gasteiger partial charge in [0, 0.05) is 13.2 Å². The summed E-state index contributed by atoms with van der Waals surface area (Å²) in [6, 6.07) is 12.4. The van der Waals surface area contributed by atoms with Crippen LogP contribution in [-0.4, -0.2) is 41.1 Å². The molecule has 0 N–H and O–H groups in total. The van der Waals surface area contributed by atoms with Crippen molar-refractivity contribution in [2.75, 3.05) is 20.8 Å². The lowest BCUT2D eigenvalue weighted by molar-refractivity contribution is 0.153. The van der Waals surface area contributed by atoms with Gasteiger partial charge in [-0.25, -0.2) is 9.37 Å². The Morgan fingerprint density at radius 2 is 2.00 bits per heavy atom. The van der Waals surface area contributed by atoms with Gasteiger partial charge in [0.15, 0.2) is 5.84 Å². The van der Waals surface area contributed by atoms with Crippen LogP contribution in [0, 0.1) is 12.7 Å². The summed E-state index contributed by atoms with van der Waals surface area (Å²) < 4.78 is 20.8.